The van der Waals surface area contributed by atoms with Crippen LogP contribution >= 0.6 is 27.3 Å². The van der Waals surface area contributed by atoms with Crippen LogP contribution < -0.4 is 10.1 Å². The highest BCUT2D eigenvalue weighted by Gasteiger charge is 2.28. The van der Waals surface area contributed by atoms with Crippen LogP contribution in [0.3, 0.4) is 0 Å². The fourth-order valence-corrected chi connectivity index (χ4v) is 4.48. The number of piperidine rings is 1. The standard InChI is InChI=1S/C20H19BrN4O4S/c1-28-14-4-2-13(3-5-14)22-17(26)19-24-23-18(30-19)12-8-10-25(11-9-12)20(27)15-6-7-16(21)29-15/h2-7,12H,8-11H2,1H3,(H,22,26). The van der Waals surface area contributed by atoms with Crippen LogP contribution in [-0.2, 0) is 0 Å². The Balaban J connectivity index is 1.34. The Morgan fingerprint density at radius 2 is 1.90 bits per heavy atom. The van der Waals surface area contributed by atoms with Gasteiger partial charge in [-0.2, -0.15) is 0 Å². The van der Waals surface area contributed by atoms with Gasteiger partial charge in [0.1, 0.15) is 10.8 Å². The molecule has 8 nitrogen and oxygen atoms in total. The summed E-state index contributed by atoms with van der Waals surface area (Å²) in [5, 5.41) is 12.2. The lowest BCUT2D eigenvalue weighted by Gasteiger charge is -2.30. The molecule has 30 heavy (non-hydrogen) atoms. The van der Waals surface area contributed by atoms with Crippen molar-refractivity contribution in [1.82, 2.24) is 15.1 Å². The van der Waals surface area contributed by atoms with Crippen LogP contribution in [0.5, 0.6) is 5.75 Å². The van der Waals surface area contributed by atoms with E-state index in [1.165, 1.54) is 11.3 Å². The maximum absolute atomic E-state index is 12.5. The number of aromatic nitrogens is 2. The number of benzene rings is 1. The van der Waals surface area contributed by atoms with Gasteiger partial charge in [-0.05, 0) is 65.2 Å². The van der Waals surface area contributed by atoms with Crippen molar-refractivity contribution < 1.29 is 18.7 Å². The first kappa shape index (κ1) is 20.5. The van der Waals surface area contributed by atoms with Crippen molar-refractivity contribution in [2.24, 2.45) is 0 Å². The molecule has 0 radical (unpaired) electrons. The van der Waals surface area contributed by atoms with Crippen molar-refractivity contribution in [3.05, 3.63) is 56.8 Å². The predicted octanol–water partition coefficient (Wildman–Crippen LogP) is 4.17. The molecular weight excluding hydrogens is 472 g/mol. The molecule has 1 fully saturated rings. The lowest BCUT2D eigenvalue weighted by Crippen LogP contribution is -2.37. The number of furan rings is 1. The molecule has 2 aromatic heterocycles. The monoisotopic (exact) mass is 490 g/mol. The molecule has 0 atom stereocenters. The summed E-state index contributed by atoms with van der Waals surface area (Å²) in [4.78, 5) is 26.7. The molecule has 1 N–H and O–H groups in total. The van der Waals surface area contributed by atoms with E-state index in [0.29, 0.717) is 34.2 Å². The molecule has 0 spiro atoms. The van der Waals surface area contributed by atoms with Crippen molar-refractivity contribution in [3.63, 3.8) is 0 Å². The van der Waals surface area contributed by atoms with Crippen LogP contribution in [0, 0.1) is 0 Å². The molecule has 2 amide bonds. The minimum atomic E-state index is -0.292. The van der Waals surface area contributed by atoms with Crippen molar-refractivity contribution in [2.75, 3.05) is 25.5 Å². The number of carbonyl (C=O) groups is 2. The van der Waals surface area contributed by atoms with Gasteiger partial charge < -0.3 is 19.4 Å². The van der Waals surface area contributed by atoms with E-state index in [2.05, 4.69) is 31.4 Å². The molecule has 0 bridgehead atoms. The number of methoxy groups -OCH3 is 1. The normalized spacial score (nSPS) is 14.5. The van der Waals surface area contributed by atoms with Crippen LogP contribution in [0.15, 0.2) is 45.5 Å². The molecular formula is C20H19BrN4O4S. The van der Waals surface area contributed by atoms with Gasteiger partial charge >= 0.3 is 0 Å². The maximum atomic E-state index is 12.5. The van der Waals surface area contributed by atoms with Crippen molar-refractivity contribution >= 4 is 44.8 Å². The largest absolute Gasteiger partial charge is 0.497 e. The third kappa shape index (κ3) is 4.54. The van der Waals surface area contributed by atoms with Crippen LogP contribution in [0.1, 0.15) is 44.1 Å². The average molecular weight is 491 g/mol. The first-order valence-electron chi connectivity index (χ1n) is 9.37. The number of rotatable bonds is 5. The van der Waals surface area contributed by atoms with Crippen LogP contribution in [0.2, 0.25) is 0 Å². The molecule has 1 saturated heterocycles. The Kier molecular flexibility index (Phi) is 6.14. The van der Waals surface area contributed by atoms with E-state index >= 15 is 0 Å². The number of anilines is 1. The molecule has 3 heterocycles. The van der Waals surface area contributed by atoms with E-state index in [0.717, 1.165) is 23.6 Å². The SMILES string of the molecule is COc1ccc(NC(=O)c2nnc(C3CCN(C(=O)c4ccc(Br)o4)CC3)s2)cc1. The highest BCUT2D eigenvalue weighted by molar-refractivity contribution is 9.10. The Morgan fingerprint density at radius 1 is 1.17 bits per heavy atom. The summed E-state index contributed by atoms with van der Waals surface area (Å²) >= 11 is 4.51. The van der Waals surface area contributed by atoms with E-state index in [1.54, 1.807) is 48.4 Å². The summed E-state index contributed by atoms with van der Waals surface area (Å²) in [5.41, 5.74) is 0.661. The average Bonchev–Trinajstić information content (AvgIpc) is 3.43. The number of halogens is 1. The van der Waals surface area contributed by atoms with Gasteiger partial charge in [0.15, 0.2) is 10.4 Å². The van der Waals surface area contributed by atoms with Gasteiger partial charge in [0.25, 0.3) is 11.8 Å². The lowest BCUT2D eigenvalue weighted by atomic mass is 9.97. The summed E-state index contributed by atoms with van der Waals surface area (Å²) in [6.07, 6.45) is 1.53. The minimum Gasteiger partial charge on any atom is -0.497 e. The molecule has 0 saturated carbocycles. The molecule has 156 valence electrons. The summed E-state index contributed by atoms with van der Waals surface area (Å²) in [6, 6.07) is 10.5. The Bertz CT molecular complexity index is 1040. The molecule has 0 aliphatic carbocycles. The van der Waals surface area contributed by atoms with Crippen molar-refractivity contribution in [1.29, 1.82) is 0 Å². The van der Waals surface area contributed by atoms with E-state index in [-0.39, 0.29) is 17.7 Å². The highest BCUT2D eigenvalue weighted by atomic mass is 79.9. The molecule has 0 unspecified atom stereocenters. The lowest BCUT2D eigenvalue weighted by molar-refractivity contribution is 0.0679. The second-order valence-electron chi connectivity index (χ2n) is 6.80. The number of hydrogen-bond acceptors (Lipinski definition) is 7. The molecule has 4 rings (SSSR count). The number of ether oxygens (including phenoxy) is 1. The summed E-state index contributed by atoms with van der Waals surface area (Å²) in [6.45, 7) is 1.21. The summed E-state index contributed by atoms with van der Waals surface area (Å²) in [7, 11) is 1.59. The van der Waals surface area contributed by atoms with Gasteiger partial charge in [0.05, 0.1) is 7.11 Å². The smallest absolute Gasteiger partial charge is 0.289 e. The number of nitrogens with one attached hydrogen (secondary N) is 1. The minimum absolute atomic E-state index is 0.115. The number of carbonyl (C=O) groups excluding carboxylic acids is 2. The van der Waals surface area contributed by atoms with Crippen LogP contribution in [0.25, 0.3) is 0 Å². The van der Waals surface area contributed by atoms with E-state index in [1.807, 2.05) is 0 Å². The number of likely N-dealkylation sites (tertiary alicyclic amines) is 1. The van der Waals surface area contributed by atoms with E-state index < -0.39 is 0 Å². The topological polar surface area (TPSA) is 97.6 Å². The zero-order valence-electron chi connectivity index (χ0n) is 16.1. The van der Waals surface area contributed by atoms with Gasteiger partial charge in [0.2, 0.25) is 5.01 Å². The Hall–Kier alpha value is -2.72. The highest BCUT2D eigenvalue weighted by Crippen LogP contribution is 2.31. The van der Waals surface area contributed by atoms with E-state index in [9.17, 15) is 9.59 Å². The number of nitrogens with zero attached hydrogens (tertiary/aromatic N) is 3. The molecule has 3 aromatic rings. The fourth-order valence-electron chi connectivity index (χ4n) is 3.26. The molecule has 1 aliphatic rings. The second-order valence-corrected chi connectivity index (χ2v) is 8.59. The Labute approximate surface area is 185 Å². The zero-order valence-corrected chi connectivity index (χ0v) is 18.5. The zero-order chi connectivity index (χ0) is 21.1. The third-order valence-electron chi connectivity index (χ3n) is 4.90. The second kappa shape index (κ2) is 8.97. The van der Waals surface area contributed by atoms with Crippen LogP contribution in [0.4, 0.5) is 5.69 Å². The van der Waals surface area contributed by atoms with Gasteiger partial charge in [-0.1, -0.05) is 11.3 Å². The van der Waals surface area contributed by atoms with Crippen LogP contribution in [-0.4, -0.2) is 47.1 Å². The summed E-state index contributed by atoms with van der Waals surface area (Å²) < 4.78 is 11.0. The van der Waals surface area contributed by atoms with Crippen molar-refractivity contribution in [2.45, 2.75) is 18.8 Å². The Morgan fingerprint density at radius 3 is 2.53 bits per heavy atom. The summed E-state index contributed by atoms with van der Waals surface area (Å²) in [5.74, 6) is 0.817. The van der Waals surface area contributed by atoms with E-state index in [4.69, 9.17) is 9.15 Å². The number of hydrogen-bond donors (Lipinski definition) is 1. The first-order chi connectivity index (χ1) is 14.5. The maximum Gasteiger partial charge on any atom is 0.289 e. The van der Waals surface area contributed by atoms with Gasteiger partial charge in [-0.15, -0.1) is 10.2 Å². The van der Waals surface area contributed by atoms with Gasteiger partial charge in [0, 0.05) is 24.7 Å². The molecule has 10 heteroatoms. The van der Waals surface area contributed by atoms with Crippen molar-refractivity contribution in [3.8, 4) is 5.75 Å². The fraction of sp³-hybridized carbons (Fsp3) is 0.300. The quantitative estimate of drug-likeness (QED) is 0.576. The predicted molar refractivity (Wildman–Crippen MR) is 115 cm³/mol. The van der Waals surface area contributed by atoms with Gasteiger partial charge in [-0.25, -0.2) is 0 Å². The van der Waals surface area contributed by atoms with Gasteiger partial charge in [-0.3, -0.25) is 9.59 Å². The first-order valence-corrected chi connectivity index (χ1v) is 11.0. The molecule has 1 aromatic carbocycles. The molecule has 1 aliphatic heterocycles. The third-order valence-corrected chi connectivity index (χ3v) is 6.41. The number of amides is 2.